The summed E-state index contributed by atoms with van der Waals surface area (Å²) in [6, 6.07) is -0.741. The Bertz CT molecular complexity index is 110. The average molecular weight is 184 g/mol. The molecular weight excluding hydrogens is 170 g/mol. The first-order chi connectivity index (χ1) is 4.68. The summed E-state index contributed by atoms with van der Waals surface area (Å²) in [5.41, 5.74) is 5.20. The number of carboxylic acid groups (broad SMARTS) is 1. The van der Waals surface area contributed by atoms with E-state index in [1.54, 1.807) is 7.11 Å². The molecule has 0 aliphatic rings. The number of ether oxygens (including phenoxy) is 1. The fourth-order valence-electron chi connectivity index (χ4n) is 0.571. The van der Waals surface area contributed by atoms with Crippen molar-refractivity contribution in [2.45, 2.75) is 18.9 Å². The SMILES string of the molecule is COCCC[C@@H](N)C(=O)O.Cl. The Morgan fingerprint density at radius 3 is 2.64 bits per heavy atom. The van der Waals surface area contributed by atoms with E-state index in [1.165, 1.54) is 0 Å². The minimum absolute atomic E-state index is 0. The molecule has 0 unspecified atom stereocenters. The third kappa shape index (κ3) is 7.58. The Kier molecular flexibility index (Phi) is 9.40. The highest BCUT2D eigenvalue weighted by Gasteiger charge is 2.09. The van der Waals surface area contributed by atoms with E-state index < -0.39 is 12.0 Å². The normalized spacial score (nSPS) is 11.8. The summed E-state index contributed by atoms with van der Waals surface area (Å²) in [6.07, 6.45) is 1.17. The van der Waals surface area contributed by atoms with Gasteiger partial charge < -0.3 is 15.6 Å². The van der Waals surface area contributed by atoms with Crippen LogP contribution >= 0.6 is 12.4 Å². The number of nitrogens with two attached hydrogens (primary N) is 1. The maximum atomic E-state index is 10.1. The molecule has 0 fully saturated rings. The van der Waals surface area contributed by atoms with Crippen LogP contribution in [0.3, 0.4) is 0 Å². The third-order valence-corrected chi connectivity index (χ3v) is 1.18. The molecule has 0 aromatic heterocycles. The first kappa shape index (κ1) is 13.3. The number of rotatable bonds is 5. The largest absolute Gasteiger partial charge is 0.480 e. The van der Waals surface area contributed by atoms with Crippen molar-refractivity contribution in [3.63, 3.8) is 0 Å². The predicted octanol–water partition coefficient (Wildman–Crippen LogP) is 0.247. The highest BCUT2D eigenvalue weighted by atomic mass is 35.5. The molecule has 11 heavy (non-hydrogen) atoms. The highest BCUT2D eigenvalue weighted by molar-refractivity contribution is 5.85. The second-order valence-electron chi connectivity index (χ2n) is 2.08. The average Bonchev–Trinajstić information content (AvgIpc) is 1.88. The zero-order valence-corrected chi connectivity index (χ0v) is 7.26. The van der Waals surface area contributed by atoms with Gasteiger partial charge in [0.2, 0.25) is 0 Å². The lowest BCUT2D eigenvalue weighted by Crippen LogP contribution is -2.30. The van der Waals surface area contributed by atoms with Crippen molar-refractivity contribution < 1.29 is 14.6 Å². The summed E-state index contributed by atoms with van der Waals surface area (Å²) >= 11 is 0. The Morgan fingerprint density at radius 1 is 1.73 bits per heavy atom. The van der Waals surface area contributed by atoms with Crippen LogP contribution in [0.4, 0.5) is 0 Å². The number of carbonyl (C=O) groups is 1. The second-order valence-corrected chi connectivity index (χ2v) is 2.08. The quantitative estimate of drug-likeness (QED) is 0.600. The lowest BCUT2D eigenvalue weighted by Gasteiger charge is -2.03. The summed E-state index contributed by atoms with van der Waals surface area (Å²) in [5.74, 6) is -0.948. The van der Waals surface area contributed by atoms with E-state index in [4.69, 9.17) is 15.6 Å². The first-order valence-electron chi connectivity index (χ1n) is 3.15. The van der Waals surface area contributed by atoms with Gasteiger partial charge in [-0.3, -0.25) is 4.79 Å². The molecule has 0 aliphatic carbocycles. The highest BCUT2D eigenvalue weighted by Crippen LogP contribution is 1.93. The molecule has 0 radical (unpaired) electrons. The number of hydrogen-bond acceptors (Lipinski definition) is 3. The Morgan fingerprint density at radius 2 is 2.27 bits per heavy atom. The summed E-state index contributed by atoms with van der Waals surface area (Å²) in [7, 11) is 1.58. The maximum absolute atomic E-state index is 10.1. The van der Waals surface area contributed by atoms with Gasteiger partial charge in [-0.2, -0.15) is 0 Å². The van der Waals surface area contributed by atoms with Crippen molar-refractivity contribution >= 4 is 18.4 Å². The zero-order valence-electron chi connectivity index (χ0n) is 6.45. The minimum Gasteiger partial charge on any atom is -0.480 e. The molecule has 0 amide bonds. The van der Waals surface area contributed by atoms with Crippen LogP contribution in [-0.2, 0) is 9.53 Å². The van der Waals surface area contributed by atoms with E-state index in [0.717, 1.165) is 0 Å². The topological polar surface area (TPSA) is 72.5 Å². The minimum atomic E-state index is -0.948. The van der Waals surface area contributed by atoms with E-state index in [1.807, 2.05) is 0 Å². The molecule has 0 saturated carbocycles. The van der Waals surface area contributed by atoms with E-state index >= 15 is 0 Å². The van der Waals surface area contributed by atoms with Crippen molar-refractivity contribution in [2.24, 2.45) is 5.73 Å². The van der Waals surface area contributed by atoms with Crippen molar-refractivity contribution in [1.29, 1.82) is 0 Å². The van der Waals surface area contributed by atoms with Gasteiger partial charge in [0.05, 0.1) is 0 Å². The molecule has 3 N–H and O–H groups in total. The smallest absolute Gasteiger partial charge is 0.320 e. The monoisotopic (exact) mass is 183 g/mol. The van der Waals surface area contributed by atoms with E-state index in [2.05, 4.69) is 0 Å². The molecule has 0 aromatic carbocycles. The number of aliphatic carboxylic acids is 1. The molecule has 0 bridgehead atoms. The Balaban J connectivity index is 0. The number of carboxylic acids is 1. The van der Waals surface area contributed by atoms with Gasteiger partial charge in [-0.1, -0.05) is 0 Å². The molecule has 0 aliphatic heterocycles. The van der Waals surface area contributed by atoms with Crippen LogP contribution in [0.2, 0.25) is 0 Å². The van der Waals surface area contributed by atoms with Crippen molar-refractivity contribution in [3.05, 3.63) is 0 Å². The van der Waals surface area contributed by atoms with Crippen LogP contribution in [0.15, 0.2) is 0 Å². The molecule has 0 aromatic rings. The standard InChI is InChI=1S/C6H13NO3.ClH/c1-10-4-2-3-5(7)6(8)9;/h5H,2-4,7H2,1H3,(H,8,9);1H/t5-;/m1./s1. The predicted molar refractivity (Wildman–Crippen MR) is 44.0 cm³/mol. The number of methoxy groups -OCH3 is 1. The van der Waals surface area contributed by atoms with Crippen LogP contribution in [0.5, 0.6) is 0 Å². The molecule has 68 valence electrons. The van der Waals surface area contributed by atoms with Gasteiger partial charge in [0.15, 0.2) is 0 Å². The molecular formula is C6H14ClNO3. The maximum Gasteiger partial charge on any atom is 0.320 e. The van der Waals surface area contributed by atoms with E-state index in [9.17, 15) is 4.79 Å². The van der Waals surface area contributed by atoms with Crippen LogP contribution in [0, 0.1) is 0 Å². The van der Waals surface area contributed by atoms with Gasteiger partial charge in [0.1, 0.15) is 6.04 Å². The van der Waals surface area contributed by atoms with Gasteiger partial charge in [-0.05, 0) is 12.8 Å². The third-order valence-electron chi connectivity index (χ3n) is 1.18. The van der Waals surface area contributed by atoms with Gasteiger partial charge >= 0.3 is 5.97 Å². The second kappa shape index (κ2) is 7.78. The van der Waals surface area contributed by atoms with Gasteiger partial charge in [-0.25, -0.2) is 0 Å². The van der Waals surface area contributed by atoms with Gasteiger partial charge in [0.25, 0.3) is 0 Å². The van der Waals surface area contributed by atoms with Crippen LogP contribution in [0.1, 0.15) is 12.8 Å². The lowest BCUT2D eigenvalue weighted by molar-refractivity contribution is -0.138. The van der Waals surface area contributed by atoms with Crippen molar-refractivity contribution in [1.82, 2.24) is 0 Å². The molecule has 5 heteroatoms. The Hall–Kier alpha value is -0.320. The molecule has 0 rings (SSSR count). The fourth-order valence-corrected chi connectivity index (χ4v) is 0.571. The summed E-state index contributed by atoms with van der Waals surface area (Å²) in [5, 5.41) is 8.32. The number of hydrogen-bond donors (Lipinski definition) is 2. The van der Waals surface area contributed by atoms with Gasteiger partial charge in [-0.15, -0.1) is 12.4 Å². The number of halogens is 1. The lowest BCUT2D eigenvalue weighted by atomic mass is 10.2. The van der Waals surface area contributed by atoms with E-state index in [0.29, 0.717) is 19.4 Å². The van der Waals surface area contributed by atoms with Crippen LogP contribution < -0.4 is 5.73 Å². The summed E-state index contributed by atoms with van der Waals surface area (Å²) in [6.45, 7) is 0.570. The molecule has 1 atom stereocenters. The molecule has 0 heterocycles. The summed E-state index contributed by atoms with van der Waals surface area (Å²) in [4.78, 5) is 10.1. The van der Waals surface area contributed by atoms with Crippen molar-refractivity contribution in [2.75, 3.05) is 13.7 Å². The molecule has 0 spiro atoms. The first-order valence-corrected chi connectivity index (χ1v) is 3.15. The fraction of sp³-hybridized carbons (Fsp3) is 0.833. The van der Waals surface area contributed by atoms with E-state index in [-0.39, 0.29) is 12.4 Å². The molecule has 4 nitrogen and oxygen atoms in total. The Labute approximate surface area is 72.1 Å². The van der Waals surface area contributed by atoms with Crippen molar-refractivity contribution in [3.8, 4) is 0 Å². The summed E-state index contributed by atoms with van der Waals surface area (Å²) < 4.78 is 4.72. The van der Waals surface area contributed by atoms with Crippen LogP contribution in [-0.4, -0.2) is 30.8 Å². The molecule has 0 saturated heterocycles. The van der Waals surface area contributed by atoms with Gasteiger partial charge in [0, 0.05) is 13.7 Å². The van der Waals surface area contributed by atoms with Crippen LogP contribution in [0.25, 0.3) is 0 Å². The zero-order chi connectivity index (χ0) is 7.98.